The van der Waals surface area contributed by atoms with Crippen molar-refractivity contribution in [3.8, 4) is 5.75 Å². The molecule has 2 amide bonds. The second-order valence-corrected chi connectivity index (χ2v) is 8.31. The minimum atomic E-state index is -0.0252. The van der Waals surface area contributed by atoms with E-state index < -0.39 is 0 Å². The summed E-state index contributed by atoms with van der Waals surface area (Å²) in [6, 6.07) is 21.3. The third kappa shape index (κ3) is 6.42. The molecule has 3 aromatic rings. The van der Waals surface area contributed by atoms with Crippen LogP contribution >= 0.6 is 0 Å². The molecule has 0 atom stereocenters. The van der Waals surface area contributed by atoms with Crippen molar-refractivity contribution in [2.24, 2.45) is 5.92 Å². The highest BCUT2D eigenvalue weighted by Gasteiger charge is 2.34. The predicted octanol–water partition coefficient (Wildman–Crippen LogP) is 3.93. The molecule has 1 N–H and O–H groups in total. The van der Waals surface area contributed by atoms with Gasteiger partial charge in [-0.25, -0.2) is 0 Å². The van der Waals surface area contributed by atoms with Gasteiger partial charge in [0.05, 0.1) is 20.1 Å². The summed E-state index contributed by atoms with van der Waals surface area (Å²) in [5, 5.41) is 2.95. The Kier molecular flexibility index (Phi) is 7.35. The van der Waals surface area contributed by atoms with E-state index in [1.807, 2.05) is 71.6 Å². The Morgan fingerprint density at radius 1 is 1.00 bits per heavy atom. The summed E-state index contributed by atoms with van der Waals surface area (Å²) < 4.78 is 5.23. The fourth-order valence-corrected chi connectivity index (χ4v) is 3.68. The number of rotatable bonds is 10. The number of carbonyl (C=O) groups is 2. The number of anilines is 1. The SMILES string of the molecule is COc1ccc(CN(C(=O)C2CC2)c2ccc(CC(=O)NCCc3ccccn3)cc2)cc1. The molecule has 2 aromatic carbocycles. The largest absolute Gasteiger partial charge is 0.497 e. The number of nitrogens with one attached hydrogen (secondary N) is 1. The molecule has 1 aromatic heterocycles. The first-order chi connectivity index (χ1) is 16.1. The van der Waals surface area contributed by atoms with Crippen LogP contribution in [0.2, 0.25) is 0 Å². The molecule has 0 saturated heterocycles. The van der Waals surface area contributed by atoms with E-state index in [2.05, 4.69) is 10.3 Å². The van der Waals surface area contributed by atoms with Crippen LogP contribution in [-0.2, 0) is 29.0 Å². The molecule has 1 heterocycles. The molecule has 0 unspecified atom stereocenters. The molecule has 0 bridgehead atoms. The quantitative estimate of drug-likeness (QED) is 0.515. The van der Waals surface area contributed by atoms with Crippen LogP contribution in [0.4, 0.5) is 5.69 Å². The Morgan fingerprint density at radius 2 is 1.73 bits per heavy atom. The molecule has 1 aliphatic carbocycles. The standard InChI is InChI=1S/C27H29N3O3/c1-33-25-13-7-21(8-14-25)19-30(27(32)22-9-10-22)24-11-5-20(6-12-24)18-26(31)29-17-15-23-4-2-3-16-28-23/h2-8,11-14,16,22H,9-10,15,17-19H2,1H3,(H,29,31). The van der Waals surface area contributed by atoms with Crippen LogP contribution in [-0.4, -0.2) is 30.5 Å². The van der Waals surface area contributed by atoms with Crippen LogP contribution in [0.15, 0.2) is 72.9 Å². The molecule has 6 nitrogen and oxygen atoms in total. The monoisotopic (exact) mass is 443 g/mol. The van der Waals surface area contributed by atoms with Crippen LogP contribution in [0.3, 0.4) is 0 Å². The molecule has 1 aliphatic rings. The molecule has 6 heteroatoms. The molecular weight excluding hydrogens is 414 g/mol. The topological polar surface area (TPSA) is 71.5 Å². The molecule has 0 spiro atoms. The summed E-state index contributed by atoms with van der Waals surface area (Å²) in [6.07, 6.45) is 4.67. The first-order valence-corrected chi connectivity index (χ1v) is 11.3. The number of amides is 2. The van der Waals surface area contributed by atoms with Gasteiger partial charge in [0, 0.05) is 36.5 Å². The van der Waals surface area contributed by atoms with E-state index >= 15 is 0 Å². The van der Waals surface area contributed by atoms with E-state index in [0.29, 0.717) is 25.9 Å². The van der Waals surface area contributed by atoms with Crippen LogP contribution in [0.5, 0.6) is 5.75 Å². The maximum Gasteiger partial charge on any atom is 0.230 e. The van der Waals surface area contributed by atoms with Gasteiger partial charge >= 0.3 is 0 Å². The normalized spacial score (nSPS) is 12.8. The zero-order valence-electron chi connectivity index (χ0n) is 18.9. The Hall–Kier alpha value is -3.67. The molecule has 1 saturated carbocycles. The van der Waals surface area contributed by atoms with Crippen molar-refractivity contribution in [3.63, 3.8) is 0 Å². The highest BCUT2D eigenvalue weighted by atomic mass is 16.5. The lowest BCUT2D eigenvalue weighted by atomic mass is 10.1. The summed E-state index contributed by atoms with van der Waals surface area (Å²) in [4.78, 5) is 31.4. The summed E-state index contributed by atoms with van der Waals surface area (Å²) in [5.74, 6) is 1.04. The smallest absolute Gasteiger partial charge is 0.230 e. The average molecular weight is 444 g/mol. The molecule has 1 fully saturated rings. The van der Waals surface area contributed by atoms with Crippen molar-refractivity contribution in [1.82, 2.24) is 10.3 Å². The third-order valence-electron chi connectivity index (χ3n) is 5.73. The Labute approximate surface area is 194 Å². The highest BCUT2D eigenvalue weighted by molar-refractivity contribution is 5.96. The van der Waals surface area contributed by atoms with Gasteiger partial charge in [-0.2, -0.15) is 0 Å². The van der Waals surface area contributed by atoms with Crippen molar-refractivity contribution in [2.75, 3.05) is 18.6 Å². The van der Waals surface area contributed by atoms with Gasteiger partial charge in [0.1, 0.15) is 5.75 Å². The minimum Gasteiger partial charge on any atom is -0.497 e. The Bertz CT molecular complexity index is 1060. The Morgan fingerprint density at radius 3 is 2.36 bits per heavy atom. The molecule has 0 radical (unpaired) electrons. The second-order valence-electron chi connectivity index (χ2n) is 8.31. The summed E-state index contributed by atoms with van der Waals surface area (Å²) >= 11 is 0. The van der Waals surface area contributed by atoms with E-state index in [4.69, 9.17) is 4.74 Å². The van der Waals surface area contributed by atoms with Crippen LogP contribution in [0.25, 0.3) is 0 Å². The average Bonchev–Trinajstić information content (AvgIpc) is 3.69. The zero-order chi connectivity index (χ0) is 23.0. The second kappa shape index (κ2) is 10.8. The number of hydrogen-bond acceptors (Lipinski definition) is 4. The van der Waals surface area contributed by atoms with E-state index in [9.17, 15) is 9.59 Å². The van der Waals surface area contributed by atoms with Gasteiger partial charge in [0.15, 0.2) is 0 Å². The van der Waals surface area contributed by atoms with E-state index in [0.717, 1.165) is 41.1 Å². The van der Waals surface area contributed by atoms with Gasteiger partial charge in [-0.3, -0.25) is 14.6 Å². The molecule has 4 rings (SSSR count). The van der Waals surface area contributed by atoms with Gasteiger partial charge in [-0.1, -0.05) is 30.3 Å². The summed E-state index contributed by atoms with van der Waals surface area (Å²) in [7, 11) is 1.64. The van der Waals surface area contributed by atoms with Crippen molar-refractivity contribution < 1.29 is 14.3 Å². The van der Waals surface area contributed by atoms with E-state index in [-0.39, 0.29) is 17.7 Å². The van der Waals surface area contributed by atoms with E-state index in [1.54, 1.807) is 13.3 Å². The number of carbonyl (C=O) groups excluding carboxylic acids is 2. The number of ether oxygens (including phenoxy) is 1. The fraction of sp³-hybridized carbons (Fsp3) is 0.296. The maximum absolute atomic E-state index is 13.0. The first-order valence-electron chi connectivity index (χ1n) is 11.3. The van der Waals surface area contributed by atoms with Crippen molar-refractivity contribution in [1.29, 1.82) is 0 Å². The number of hydrogen-bond donors (Lipinski definition) is 1. The number of methoxy groups -OCH3 is 1. The molecule has 0 aliphatic heterocycles. The molecular formula is C27H29N3O3. The number of benzene rings is 2. The fourth-order valence-electron chi connectivity index (χ4n) is 3.68. The predicted molar refractivity (Wildman–Crippen MR) is 128 cm³/mol. The van der Waals surface area contributed by atoms with Gasteiger partial charge in [-0.05, 0) is 60.4 Å². The lowest BCUT2D eigenvalue weighted by molar-refractivity contribution is -0.121. The lowest BCUT2D eigenvalue weighted by Gasteiger charge is -2.23. The number of nitrogens with zero attached hydrogens (tertiary/aromatic N) is 2. The highest BCUT2D eigenvalue weighted by Crippen LogP contribution is 2.33. The molecule has 33 heavy (non-hydrogen) atoms. The van der Waals surface area contributed by atoms with Gasteiger partial charge in [0.25, 0.3) is 0 Å². The number of aromatic nitrogens is 1. The lowest BCUT2D eigenvalue weighted by Crippen LogP contribution is -2.31. The van der Waals surface area contributed by atoms with Gasteiger partial charge < -0.3 is 15.0 Å². The van der Waals surface area contributed by atoms with Crippen molar-refractivity contribution >= 4 is 17.5 Å². The van der Waals surface area contributed by atoms with E-state index in [1.165, 1.54) is 0 Å². The van der Waals surface area contributed by atoms with Crippen molar-refractivity contribution in [3.05, 3.63) is 89.7 Å². The first kappa shape index (κ1) is 22.5. The molecule has 170 valence electrons. The number of pyridine rings is 1. The summed E-state index contributed by atoms with van der Waals surface area (Å²) in [5.41, 5.74) is 3.76. The third-order valence-corrected chi connectivity index (χ3v) is 5.73. The van der Waals surface area contributed by atoms with Crippen molar-refractivity contribution in [2.45, 2.75) is 32.2 Å². The zero-order valence-corrected chi connectivity index (χ0v) is 18.9. The van der Waals surface area contributed by atoms with Crippen LogP contribution < -0.4 is 15.0 Å². The van der Waals surface area contributed by atoms with Crippen LogP contribution in [0.1, 0.15) is 29.7 Å². The van der Waals surface area contributed by atoms with Gasteiger partial charge in [0.2, 0.25) is 11.8 Å². The van der Waals surface area contributed by atoms with Gasteiger partial charge in [-0.15, -0.1) is 0 Å². The van der Waals surface area contributed by atoms with Crippen LogP contribution in [0, 0.1) is 5.92 Å². The summed E-state index contributed by atoms with van der Waals surface area (Å²) in [6.45, 7) is 1.06. The maximum atomic E-state index is 13.0. The Balaban J connectivity index is 1.36. The minimum absolute atomic E-state index is 0.0252.